The molecule has 0 spiro atoms. The van der Waals surface area contributed by atoms with Crippen LogP contribution in [0.25, 0.3) is 0 Å². The van der Waals surface area contributed by atoms with E-state index in [2.05, 4.69) is 4.98 Å². The monoisotopic (exact) mass is 340 g/mol. The lowest BCUT2D eigenvalue weighted by molar-refractivity contribution is 0.0689. The van der Waals surface area contributed by atoms with Crippen LogP contribution in [-0.4, -0.2) is 41.2 Å². The number of benzene rings is 1. The fourth-order valence-electron chi connectivity index (χ4n) is 2.79. The lowest BCUT2D eigenvalue weighted by Gasteiger charge is -2.27. The molecule has 1 aliphatic rings. The quantitative estimate of drug-likeness (QED) is 0.810. The maximum Gasteiger partial charge on any atom is 0.255 e. The molecule has 1 unspecified atom stereocenters. The van der Waals surface area contributed by atoms with E-state index in [-0.39, 0.29) is 18.1 Å². The highest BCUT2D eigenvalue weighted by Crippen LogP contribution is 2.17. The Balaban J connectivity index is 1.68. The molecule has 1 aliphatic heterocycles. The van der Waals surface area contributed by atoms with E-state index >= 15 is 0 Å². The highest BCUT2D eigenvalue weighted by atomic mass is 16.5. The van der Waals surface area contributed by atoms with Crippen LogP contribution in [0.5, 0.6) is 5.88 Å². The predicted octanol–water partition coefficient (Wildman–Crippen LogP) is 3.30. The topological polar surface area (TPSA) is 51.7 Å². The largest absolute Gasteiger partial charge is 0.472 e. The molecule has 0 saturated carbocycles. The molecular weight excluding hydrogens is 316 g/mol. The van der Waals surface area contributed by atoms with Gasteiger partial charge in [0, 0.05) is 31.3 Å². The van der Waals surface area contributed by atoms with Crippen molar-refractivity contribution >= 4 is 5.91 Å². The Labute approximate surface area is 148 Å². The first-order valence-electron chi connectivity index (χ1n) is 8.69. The molecule has 1 fully saturated rings. The van der Waals surface area contributed by atoms with Gasteiger partial charge in [-0.05, 0) is 25.5 Å². The van der Waals surface area contributed by atoms with Crippen LogP contribution in [0.4, 0.5) is 0 Å². The van der Waals surface area contributed by atoms with Gasteiger partial charge in [-0.15, -0.1) is 0 Å². The first kappa shape index (κ1) is 17.4. The predicted molar refractivity (Wildman–Crippen MR) is 95.5 cm³/mol. The van der Waals surface area contributed by atoms with E-state index in [0.29, 0.717) is 24.6 Å². The van der Waals surface area contributed by atoms with Crippen LogP contribution in [0.2, 0.25) is 0 Å². The van der Waals surface area contributed by atoms with Gasteiger partial charge in [-0.2, -0.15) is 0 Å². The minimum absolute atomic E-state index is 0.0258. The van der Waals surface area contributed by atoms with Gasteiger partial charge in [0.25, 0.3) is 5.91 Å². The molecule has 25 heavy (non-hydrogen) atoms. The smallest absolute Gasteiger partial charge is 0.255 e. The van der Waals surface area contributed by atoms with Crippen molar-refractivity contribution in [2.45, 2.75) is 39.0 Å². The third-order valence-corrected chi connectivity index (χ3v) is 4.24. The summed E-state index contributed by atoms with van der Waals surface area (Å²) in [6, 6.07) is 13.6. The summed E-state index contributed by atoms with van der Waals surface area (Å²) in [6.07, 6.45) is 2.52. The third-order valence-electron chi connectivity index (χ3n) is 4.24. The van der Waals surface area contributed by atoms with E-state index < -0.39 is 0 Å². The van der Waals surface area contributed by atoms with Crippen molar-refractivity contribution in [3.8, 4) is 5.88 Å². The van der Waals surface area contributed by atoms with Crippen molar-refractivity contribution in [1.29, 1.82) is 0 Å². The van der Waals surface area contributed by atoms with Crippen LogP contribution in [-0.2, 0) is 11.3 Å². The summed E-state index contributed by atoms with van der Waals surface area (Å²) >= 11 is 0. The van der Waals surface area contributed by atoms with E-state index in [1.165, 1.54) is 0 Å². The first-order chi connectivity index (χ1) is 12.1. The Morgan fingerprint density at radius 1 is 1.28 bits per heavy atom. The van der Waals surface area contributed by atoms with Gasteiger partial charge in [0.2, 0.25) is 5.88 Å². The van der Waals surface area contributed by atoms with Crippen LogP contribution in [0, 0.1) is 0 Å². The number of nitrogens with zero attached hydrogens (tertiary/aromatic N) is 2. The zero-order valence-electron chi connectivity index (χ0n) is 14.7. The molecule has 2 heterocycles. The highest BCUT2D eigenvalue weighted by molar-refractivity contribution is 5.94. The molecule has 1 aromatic carbocycles. The summed E-state index contributed by atoms with van der Waals surface area (Å²) in [7, 11) is 0. The zero-order chi connectivity index (χ0) is 17.6. The molecule has 0 radical (unpaired) electrons. The van der Waals surface area contributed by atoms with Crippen molar-refractivity contribution in [3.05, 3.63) is 59.8 Å². The van der Waals surface area contributed by atoms with Gasteiger partial charge < -0.3 is 14.4 Å². The third kappa shape index (κ3) is 4.57. The molecule has 2 aromatic rings. The number of rotatable bonds is 6. The summed E-state index contributed by atoms with van der Waals surface area (Å²) < 4.78 is 11.0. The van der Waals surface area contributed by atoms with Gasteiger partial charge in [-0.25, -0.2) is 4.98 Å². The molecule has 3 rings (SSSR count). The van der Waals surface area contributed by atoms with E-state index in [4.69, 9.17) is 9.47 Å². The van der Waals surface area contributed by atoms with Crippen LogP contribution >= 0.6 is 0 Å². The van der Waals surface area contributed by atoms with Crippen LogP contribution < -0.4 is 4.74 Å². The van der Waals surface area contributed by atoms with Gasteiger partial charge in [0.15, 0.2) is 0 Å². The second-order valence-electron chi connectivity index (χ2n) is 6.50. The summed E-state index contributed by atoms with van der Waals surface area (Å²) in [4.78, 5) is 19.0. The minimum Gasteiger partial charge on any atom is -0.472 e. The fraction of sp³-hybridized carbons (Fsp3) is 0.400. The number of aromatic nitrogens is 1. The van der Waals surface area contributed by atoms with Gasteiger partial charge in [-0.3, -0.25) is 4.79 Å². The lowest BCUT2D eigenvalue weighted by atomic mass is 10.1. The molecule has 5 heteroatoms. The highest BCUT2D eigenvalue weighted by Gasteiger charge is 2.21. The Bertz CT molecular complexity index is 680. The second kappa shape index (κ2) is 8.12. The standard InChI is InChI=1S/C20H24N2O3/c1-15(2)22(13-16-6-4-3-5-7-16)20(23)17-8-9-19(21-12-17)25-18-10-11-24-14-18/h3-9,12,15,18H,10-11,13-14H2,1-2H3. The number of hydrogen-bond donors (Lipinski definition) is 0. The van der Waals surface area contributed by atoms with E-state index in [9.17, 15) is 4.79 Å². The van der Waals surface area contributed by atoms with Crippen molar-refractivity contribution < 1.29 is 14.3 Å². The van der Waals surface area contributed by atoms with Crippen molar-refractivity contribution in [1.82, 2.24) is 9.88 Å². The Morgan fingerprint density at radius 2 is 2.08 bits per heavy atom. The summed E-state index contributed by atoms with van der Waals surface area (Å²) in [6.45, 7) is 5.94. The van der Waals surface area contributed by atoms with Crippen LogP contribution in [0.3, 0.4) is 0 Å². The molecular formula is C20H24N2O3. The van der Waals surface area contributed by atoms with Gasteiger partial charge in [0.05, 0.1) is 18.8 Å². The lowest BCUT2D eigenvalue weighted by Crippen LogP contribution is -2.36. The zero-order valence-corrected chi connectivity index (χ0v) is 14.7. The number of hydrogen-bond acceptors (Lipinski definition) is 4. The Morgan fingerprint density at radius 3 is 2.68 bits per heavy atom. The maximum absolute atomic E-state index is 12.9. The number of carbonyl (C=O) groups excluding carboxylic acids is 1. The number of carbonyl (C=O) groups is 1. The summed E-state index contributed by atoms with van der Waals surface area (Å²) in [5.74, 6) is 0.508. The first-order valence-corrected chi connectivity index (χ1v) is 8.69. The molecule has 1 amide bonds. The van der Waals surface area contributed by atoms with E-state index in [0.717, 1.165) is 18.6 Å². The SMILES string of the molecule is CC(C)N(Cc1ccccc1)C(=O)c1ccc(OC2CCOC2)nc1. The van der Waals surface area contributed by atoms with Gasteiger partial charge in [-0.1, -0.05) is 30.3 Å². The number of amides is 1. The van der Waals surface area contributed by atoms with Crippen LogP contribution in [0.1, 0.15) is 36.2 Å². The van der Waals surface area contributed by atoms with Gasteiger partial charge in [0.1, 0.15) is 6.10 Å². The van der Waals surface area contributed by atoms with Crippen molar-refractivity contribution in [2.75, 3.05) is 13.2 Å². The van der Waals surface area contributed by atoms with E-state index in [1.54, 1.807) is 18.3 Å². The average molecular weight is 340 g/mol. The van der Waals surface area contributed by atoms with E-state index in [1.807, 2.05) is 49.1 Å². The second-order valence-corrected chi connectivity index (χ2v) is 6.50. The normalized spacial score (nSPS) is 16.8. The Hall–Kier alpha value is -2.40. The summed E-state index contributed by atoms with van der Waals surface area (Å²) in [5.41, 5.74) is 1.68. The molecule has 1 aromatic heterocycles. The molecule has 1 atom stereocenters. The summed E-state index contributed by atoms with van der Waals surface area (Å²) in [5, 5.41) is 0. The Kier molecular flexibility index (Phi) is 5.66. The number of pyridine rings is 1. The molecule has 0 bridgehead atoms. The van der Waals surface area contributed by atoms with Crippen molar-refractivity contribution in [2.24, 2.45) is 0 Å². The van der Waals surface area contributed by atoms with Gasteiger partial charge >= 0.3 is 0 Å². The average Bonchev–Trinajstić information content (AvgIpc) is 3.13. The molecule has 5 nitrogen and oxygen atoms in total. The minimum atomic E-state index is -0.0258. The molecule has 132 valence electrons. The fourth-order valence-corrected chi connectivity index (χ4v) is 2.79. The maximum atomic E-state index is 12.9. The van der Waals surface area contributed by atoms with Crippen molar-refractivity contribution in [3.63, 3.8) is 0 Å². The molecule has 0 aliphatic carbocycles. The molecule has 1 saturated heterocycles. The van der Waals surface area contributed by atoms with Crippen LogP contribution in [0.15, 0.2) is 48.7 Å². The molecule has 0 N–H and O–H groups in total. The number of ether oxygens (including phenoxy) is 2.